The Labute approximate surface area is 271 Å². The molecule has 0 bridgehead atoms. The first-order valence-corrected chi connectivity index (χ1v) is 16.3. The van der Waals surface area contributed by atoms with Gasteiger partial charge in [-0.15, -0.1) is 0 Å². The fourth-order valence-electron chi connectivity index (χ4n) is 7.36. The van der Waals surface area contributed by atoms with E-state index in [4.69, 9.17) is 4.74 Å². The van der Waals surface area contributed by atoms with E-state index in [9.17, 15) is 14.4 Å². The molecule has 242 valence electrons. The standard InChI is InChI=1S/C34H37N9O4/c1-21-15-40(24-19-47-20-24)9-10-41(21)31-14-36-30(13-37-31)38-28-11-22(16-39(2)34(28)46)25-6-7-35-32(27(25)18-44)43-17-29-26(33(43)45)12-23-5-3-4-8-42(23)29/h6-7,11-14,16,18,21,24H,3-5,8-10,15,17,19-20H2,1-2H3,(H,36,38)/t21-/m0/s1. The summed E-state index contributed by atoms with van der Waals surface area (Å²) in [5.74, 6) is 1.38. The van der Waals surface area contributed by atoms with Crippen molar-refractivity contribution in [2.75, 3.05) is 48.0 Å². The van der Waals surface area contributed by atoms with Crippen LogP contribution >= 0.6 is 0 Å². The van der Waals surface area contributed by atoms with Crippen molar-refractivity contribution in [1.29, 1.82) is 0 Å². The Morgan fingerprint density at radius 1 is 1.02 bits per heavy atom. The second-order valence-corrected chi connectivity index (χ2v) is 12.9. The smallest absolute Gasteiger partial charge is 0.274 e. The fourth-order valence-corrected chi connectivity index (χ4v) is 7.36. The van der Waals surface area contributed by atoms with Gasteiger partial charge in [-0.2, -0.15) is 0 Å². The maximum Gasteiger partial charge on any atom is 0.274 e. The lowest BCUT2D eigenvalue weighted by atomic mass is 10.0. The molecule has 0 unspecified atom stereocenters. The molecule has 0 spiro atoms. The third-order valence-corrected chi connectivity index (χ3v) is 9.97. The quantitative estimate of drug-likeness (QED) is 0.303. The molecule has 4 aromatic heterocycles. The second-order valence-electron chi connectivity index (χ2n) is 12.9. The van der Waals surface area contributed by atoms with Gasteiger partial charge in [0.15, 0.2) is 6.29 Å². The monoisotopic (exact) mass is 635 g/mol. The van der Waals surface area contributed by atoms with Crippen LogP contribution in [-0.2, 0) is 31.3 Å². The Hall–Kier alpha value is -4.88. The number of anilines is 4. The first-order chi connectivity index (χ1) is 22.9. The molecule has 4 aliphatic rings. The van der Waals surface area contributed by atoms with Crippen LogP contribution in [0.5, 0.6) is 0 Å². The summed E-state index contributed by atoms with van der Waals surface area (Å²) in [5, 5.41) is 3.13. The van der Waals surface area contributed by atoms with Gasteiger partial charge >= 0.3 is 0 Å². The SMILES string of the molecule is C[C@H]1CN(C2COC2)CCN1c1cnc(Nc2cc(-c3ccnc(N4Cc5c(cc6n5CCCC6)C4=O)c3C=O)cn(C)c2=O)cn1. The van der Waals surface area contributed by atoms with E-state index >= 15 is 0 Å². The number of piperazine rings is 1. The molecule has 2 saturated heterocycles. The van der Waals surface area contributed by atoms with Gasteiger partial charge in [-0.3, -0.25) is 24.2 Å². The summed E-state index contributed by atoms with van der Waals surface area (Å²) in [7, 11) is 1.66. The molecule has 4 aliphatic heterocycles. The van der Waals surface area contributed by atoms with E-state index in [0.29, 0.717) is 40.9 Å². The molecule has 2 fully saturated rings. The number of aldehydes is 1. The average Bonchev–Trinajstić information content (AvgIpc) is 3.58. The number of fused-ring (bicyclic) bond motifs is 3. The van der Waals surface area contributed by atoms with Gasteiger partial charge in [-0.25, -0.2) is 15.0 Å². The maximum absolute atomic E-state index is 13.6. The summed E-state index contributed by atoms with van der Waals surface area (Å²) >= 11 is 0. The highest BCUT2D eigenvalue weighted by Gasteiger charge is 2.36. The molecule has 8 heterocycles. The van der Waals surface area contributed by atoms with E-state index in [2.05, 4.69) is 41.6 Å². The van der Waals surface area contributed by atoms with E-state index in [1.165, 1.54) is 10.3 Å². The number of nitrogens with zero attached hydrogens (tertiary/aromatic N) is 8. The minimum absolute atomic E-state index is 0.149. The fraction of sp³-hybridized carbons (Fsp3) is 0.412. The number of rotatable bonds is 7. The lowest BCUT2D eigenvalue weighted by Gasteiger charge is -2.46. The van der Waals surface area contributed by atoms with Crippen molar-refractivity contribution in [1.82, 2.24) is 29.0 Å². The zero-order valence-electron chi connectivity index (χ0n) is 26.6. The van der Waals surface area contributed by atoms with Gasteiger partial charge in [0.25, 0.3) is 11.5 Å². The van der Waals surface area contributed by atoms with Gasteiger partial charge in [0.2, 0.25) is 0 Å². The van der Waals surface area contributed by atoms with Crippen LogP contribution in [0.25, 0.3) is 11.1 Å². The molecule has 13 heteroatoms. The van der Waals surface area contributed by atoms with Gasteiger partial charge < -0.3 is 24.1 Å². The summed E-state index contributed by atoms with van der Waals surface area (Å²) in [6.07, 6.45) is 10.6. The molecule has 4 aromatic rings. The largest absolute Gasteiger partial charge is 0.378 e. The van der Waals surface area contributed by atoms with Gasteiger partial charge in [0.1, 0.15) is 23.1 Å². The molecule has 1 N–H and O–H groups in total. The van der Waals surface area contributed by atoms with Crippen molar-refractivity contribution in [2.45, 2.75) is 51.4 Å². The van der Waals surface area contributed by atoms with Crippen LogP contribution in [0.4, 0.5) is 23.1 Å². The Balaban J connectivity index is 1.04. The Morgan fingerprint density at radius 3 is 2.64 bits per heavy atom. The van der Waals surface area contributed by atoms with Gasteiger partial charge in [-0.1, -0.05) is 0 Å². The summed E-state index contributed by atoms with van der Waals surface area (Å²) < 4.78 is 9.07. The summed E-state index contributed by atoms with van der Waals surface area (Å²) in [6, 6.07) is 6.22. The Bertz CT molecular complexity index is 1930. The number of nitrogens with one attached hydrogen (secondary N) is 1. The van der Waals surface area contributed by atoms with Gasteiger partial charge in [-0.05, 0) is 49.9 Å². The lowest BCUT2D eigenvalue weighted by molar-refractivity contribution is -0.0692. The Morgan fingerprint density at radius 2 is 1.89 bits per heavy atom. The first kappa shape index (κ1) is 29.5. The average molecular weight is 636 g/mol. The minimum Gasteiger partial charge on any atom is -0.378 e. The van der Waals surface area contributed by atoms with Crippen molar-refractivity contribution in [3.8, 4) is 11.1 Å². The van der Waals surface area contributed by atoms with Gasteiger partial charge in [0, 0.05) is 62.9 Å². The number of aryl methyl sites for hydroxylation is 2. The molecule has 0 radical (unpaired) electrons. The number of pyridine rings is 2. The Kier molecular flexibility index (Phi) is 7.37. The molecule has 47 heavy (non-hydrogen) atoms. The predicted octanol–water partition coefficient (Wildman–Crippen LogP) is 3.00. The van der Waals surface area contributed by atoms with Crippen LogP contribution in [0.1, 0.15) is 51.9 Å². The van der Waals surface area contributed by atoms with Gasteiger partial charge in [0.05, 0.1) is 55.0 Å². The molecule has 0 aliphatic carbocycles. The van der Waals surface area contributed by atoms with Crippen LogP contribution in [0.15, 0.2) is 47.8 Å². The maximum atomic E-state index is 13.6. The molecule has 1 atom stereocenters. The summed E-state index contributed by atoms with van der Waals surface area (Å²) in [6.45, 7) is 7.81. The normalized spacial score (nSPS) is 19.8. The topological polar surface area (TPSA) is 131 Å². The van der Waals surface area contributed by atoms with Crippen LogP contribution in [0, 0.1) is 0 Å². The number of amides is 1. The van der Waals surface area contributed by atoms with E-state index in [0.717, 1.165) is 76.5 Å². The number of carbonyl (C=O) groups excluding carboxylic acids is 2. The zero-order valence-corrected chi connectivity index (χ0v) is 26.6. The first-order valence-electron chi connectivity index (χ1n) is 16.3. The van der Waals surface area contributed by atoms with E-state index in [-0.39, 0.29) is 28.8 Å². The molecule has 1 amide bonds. The van der Waals surface area contributed by atoms with Crippen LogP contribution < -0.4 is 20.7 Å². The molecule has 13 nitrogen and oxygen atoms in total. The summed E-state index contributed by atoms with van der Waals surface area (Å²) in [5.41, 5.74) is 4.38. The molecular weight excluding hydrogens is 598 g/mol. The number of ether oxygens (including phenoxy) is 1. The second kappa shape index (κ2) is 11.7. The number of carbonyl (C=O) groups is 2. The highest BCUT2D eigenvalue weighted by atomic mass is 16.5. The third kappa shape index (κ3) is 5.10. The lowest BCUT2D eigenvalue weighted by Crippen LogP contribution is -2.59. The van der Waals surface area contributed by atoms with Crippen molar-refractivity contribution in [2.24, 2.45) is 7.05 Å². The molecule has 0 saturated carbocycles. The predicted molar refractivity (Wildman–Crippen MR) is 176 cm³/mol. The molecule has 0 aromatic carbocycles. The minimum atomic E-state index is -0.259. The van der Waals surface area contributed by atoms with Crippen LogP contribution in [0.2, 0.25) is 0 Å². The number of hydrogen-bond donors (Lipinski definition) is 1. The molecule has 8 rings (SSSR count). The highest BCUT2D eigenvalue weighted by Crippen LogP contribution is 2.36. The highest BCUT2D eigenvalue weighted by molar-refractivity contribution is 6.12. The van der Waals surface area contributed by atoms with Crippen molar-refractivity contribution >= 4 is 35.3 Å². The van der Waals surface area contributed by atoms with Crippen molar-refractivity contribution in [3.05, 3.63) is 75.9 Å². The van der Waals surface area contributed by atoms with Crippen LogP contribution in [-0.4, -0.2) is 86.1 Å². The van der Waals surface area contributed by atoms with E-state index in [1.54, 1.807) is 48.9 Å². The molecular formula is C34H37N9O4. The van der Waals surface area contributed by atoms with E-state index < -0.39 is 0 Å². The zero-order chi connectivity index (χ0) is 32.2. The van der Waals surface area contributed by atoms with E-state index in [1.807, 2.05) is 6.07 Å². The number of aromatic nitrogens is 5. The van der Waals surface area contributed by atoms with Crippen LogP contribution in [0.3, 0.4) is 0 Å². The number of hydrogen-bond acceptors (Lipinski definition) is 10. The third-order valence-electron chi connectivity index (χ3n) is 9.97. The van der Waals surface area contributed by atoms with Crippen molar-refractivity contribution in [3.63, 3.8) is 0 Å². The summed E-state index contributed by atoms with van der Waals surface area (Å²) in [4.78, 5) is 59.5. The van der Waals surface area contributed by atoms with Crippen molar-refractivity contribution < 1.29 is 14.3 Å².